The maximum atomic E-state index is 12.9. The van der Waals surface area contributed by atoms with Crippen LogP contribution in [-0.4, -0.2) is 12.6 Å². The summed E-state index contributed by atoms with van der Waals surface area (Å²) in [5, 5.41) is 0.657. The molecule has 2 heterocycles. The average Bonchev–Trinajstić information content (AvgIpc) is 3.07. The van der Waals surface area contributed by atoms with Crippen molar-refractivity contribution in [1.82, 2.24) is 0 Å². The molecular weight excluding hydrogens is 484 g/mol. The fraction of sp³-hybridized carbons (Fsp3) is 0.125. The van der Waals surface area contributed by atoms with Crippen molar-refractivity contribution in [3.63, 3.8) is 0 Å². The maximum Gasteiger partial charge on any atom is 0.231 e. The zero-order valence-corrected chi connectivity index (χ0v) is 18.5. The minimum absolute atomic E-state index is 0.174. The summed E-state index contributed by atoms with van der Waals surface area (Å²) in [5.74, 6) is 1.82. The molecular formula is C24H16BrClO5. The van der Waals surface area contributed by atoms with E-state index >= 15 is 0 Å². The van der Waals surface area contributed by atoms with Crippen LogP contribution in [0.3, 0.4) is 0 Å². The van der Waals surface area contributed by atoms with Crippen molar-refractivity contribution in [3.8, 4) is 17.2 Å². The SMILES string of the molecule is O=C1C(=Cc2cc(Br)cc3c2OCOC3)Oc2cc(OCc3cccc(Cl)c3)ccc21. The highest BCUT2D eigenvalue weighted by Crippen LogP contribution is 2.38. The Labute approximate surface area is 192 Å². The number of allylic oxidation sites excluding steroid dienone is 1. The second kappa shape index (κ2) is 8.38. The lowest BCUT2D eigenvalue weighted by atomic mass is 10.1. The van der Waals surface area contributed by atoms with Crippen molar-refractivity contribution in [2.45, 2.75) is 13.2 Å². The highest BCUT2D eigenvalue weighted by Gasteiger charge is 2.28. The van der Waals surface area contributed by atoms with E-state index < -0.39 is 0 Å². The van der Waals surface area contributed by atoms with Crippen molar-refractivity contribution in [3.05, 3.63) is 92.1 Å². The fourth-order valence-electron chi connectivity index (χ4n) is 3.51. The number of hydrogen-bond acceptors (Lipinski definition) is 5. The number of carbonyl (C=O) groups is 1. The topological polar surface area (TPSA) is 54.0 Å². The van der Waals surface area contributed by atoms with Gasteiger partial charge in [0.1, 0.15) is 23.9 Å². The summed E-state index contributed by atoms with van der Waals surface area (Å²) in [5.41, 5.74) is 3.11. The Kier molecular flexibility index (Phi) is 5.44. The minimum Gasteiger partial charge on any atom is -0.489 e. The summed E-state index contributed by atoms with van der Waals surface area (Å²) in [6.45, 7) is 0.986. The van der Waals surface area contributed by atoms with Gasteiger partial charge in [-0.2, -0.15) is 0 Å². The molecule has 3 aromatic carbocycles. The van der Waals surface area contributed by atoms with Crippen LogP contribution in [0.25, 0.3) is 6.08 Å². The molecule has 3 aromatic rings. The minimum atomic E-state index is -0.183. The molecule has 0 amide bonds. The van der Waals surface area contributed by atoms with Crippen molar-refractivity contribution in [2.75, 3.05) is 6.79 Å². The first-order valence-corrected chi connectivity index (χ1v) is 10.7. The monoisotopic (exact) mass is 498 g/mol. The molecule has 0 N–H and O–H groups in total. The number of rotatable bonds is 4. The lowest BCUT2D eigenvalue weighted by molar-refractivity contribution is -0.0165. The Morgan fingerprint density at radius 1 is 1.13 bits per heavy atom. The van der Waals surface area contributed by atoms with Crippen molar-refractivity contribution in [2.24, 2.45) is 0 Å². The van der Waals surface area contributed by atoms with Crippen LogP contribution >= 0.6 is 27.5 Å². The Morgan fingerprint density at radius 3 is 2.90 bits per heavy atom. The number of hydrogen-bond donors (Lipinski definition) is 0. The van der Waals surface area contributed by atoms with Crippen LogP contribution in [0, 0.1) is 0 Å². The molecule has 0 bridgehead atoms. The molecule has 5 rings (SSSR count). The van der Waals surface area contributed by atoms with Gasteiger partial charge in [0.15, 0.2) is 12.6 Å². The van der Waals surface area contributed by atoms with Gasteiger partial charge in [-0.05, 0) is 48.0 Å². The van der Waals surface area contributed by atoms with Gasteiger partial charge in [-0.25, -0.2) is 0 Å². The summed E-state index contributed by atoms with van der Waals surface area (Å²) in [6, 6.07) is 16.5. The first kappa shape index (κ1) is 20.1. The molecule has 2 aliphatic rings. The zero-order chi connectivity index (χ0) is 21.4. The second-order valence-corrected chi connectivity index (χ2v) is 8.46. The van der Waals surface area contributed by atoms with Gasteiger partial charge in [-0.15, -0.1) is 0 Å². The van der Waals surface area contributed by atoms with E-state index in [-0.39, 0.29) is 18.3 Å². The first-order chi connectivity index (χ1) is 15.1. The molecule has 0 saturated heterocycles. The third-order valence-corrected chi connectivity index (χ3v) is 5.62. The largest absolute Gasteiger partial charge is 0.489 e. The molecule has 7 heteroatoms. The molecule has 0 spiro atoms. The van der Waals surface area contributed by atoms with E-state index in [0.29, 0.717) is 41.0 Å². The van der Waals surface area contributed by atoms with Crippen LogP contribution in [0.5, 0.6) is 17.2 Å². The molecule has 5 nitrogen and oxygen atoms in total. The highest BCUT2D eigenvalue weighted by molar-refractivity contribution is 9.10. The quantitative estimate of drug-likeness (QED) is 0.402. The average molecular weight is 500 g/mol. The summed E-state index contributed by atoms with van der Waals surface area (Å²) in [4.78, 5) is 12.9. The Bertz CT molecular complexity index is 1220. The summed E-state index contributed by atoms with van der Waals surface area (Å²) >= 11 is 9.51. The standard InChI is InChI=1S/C24H16BrClO5/c25-17-7-15(24-16(8-17)12-28-13-30-24)9-22-23(27)20-5-4-19(10-21(20)31-22)29-11-14-2-1-3-18(26)6-14/h1-10H,11-13H2. The van der Waals surface area contributed by atoms with Crippen LogP contribution in [0.15, 0.2) is 64.8 Å². The van der Waals surface area contributed by atoms with Gasteiger partial charge in [0, 0.05) is 26.7 Å². The number of halogens is 2. The lowest BCUT2D eigenvalue weighted by Crippen LogP contribution is -2.12. The summed E-state index contributed by atoms with van der Waals surface area (Å²) < 4.78 is 23.6. The van der Waals surface area contributed by atoms with Crippen LogP contribution in [0.1, 0.15) is 27.0 Å². The number of benzene rings is 3. The number of Topliss-reactive ketones (excluding diaryl/α,β-unsaturated/α-hetero) is 1. The Balaban J connectivity index is 1.38. The molecule has 0 radical (unpaired) electrons. The molecule has 0 fully saturated rings. The Morgan fingerprint density at radius 2 is 2.03 bits per heavy atom. The van der Waals surface area contributed by atoms with Gasteiger partial charge in [0.25, 0.3) is 0 Å². The normalized spacial score (nSPS) is 15.8. The van der Waals surface area contributed by atoms with Crippen LogP contribution in [0.2, 0.25) is 5.02 Å². The molecule has 0 aliphatic carbocycles. The molecule has 0 aromatic heterocycles. The summed E-state index contributed by atoms with van der Waals surface area (Å²) in [7, 11) is 0. The molecule has 0 unspecified atom stereocenters. The van der Waals surface area contributed by atoms with E-state index in [0.717, 1.165) is 21.2 Å². The summed E-state index contributed by atoms with van der Waals surface area (Å²) in [6.07, 6.45) is 1.70. The van der Waals surface area contributed by atoms with E-state index in [9.17, 15) is 4.79 Å². The van der Waals surface area contributed by atoms with E-state index in [2.05, 4.69) is 15.9 Å². The van der Waals surface area contributed by atoms with Gasteiger partial charge in [-0.1, -0.05) is 39.7 Å². The van der Waals surface area contributed by atoms with Crippen LogP contribution in [-0.2, 0) is 18.0 Å². The smallest absolute Gasteiger partial charge is 0.231 e. The van der Waals surface area contributed by atoms with Gasteiger partial charge in [0.05, 0.1) is 12.2 Å². The van der Waals surface area contributed by atoms with E-state index in [1.54, 1.807) is 24.3 Å². The maximum absolute atomic E-state index is 12.9. The molecule has 0 atom stereocenters. The van der Waals surface area contributed by atoms with E-state index in [4.69, 9.17) is 30.5 Å². The van der Waals surface area contributed by atoms with Crippen molar-refractivity contribution >= 4 is 39.4 Å². The predicted octanol–water partition coefficient (Wildman–Crippen LogP) is 6.16. The van der Waals surface area contributed by atoms with Crippen LogP contribution < -0.4 is 14.2 Å². The van der Waals surface area contributed by atoms with Gasteiger partial charge < -0.3 is 18.9 Å². The number of carbonyl (C=O) groups excluding carboxylic acids is 1. The predicted molar refractivity (Wildman–Crippen MR) is 120 cm³/mol. The van der Waals surface area contributed by atoms with E-state index in [1.165, 1.54) is 0 Å². The van der Waals surface area contributed by atoms with Gasteiger partial charge in [0.2, 0.25) is 5.78 Å². The van der Waals surface area contributed by atoms with E-state index in [1.807, 2.05) is 36.4 Å². The fourth-order valence-corrected chi connectivity index (χ4v) is 4.24. The molecule has 2 aliphatic heterocycles. The first-order valence-electron chi connectivity index (χ1n) is 9.55. The number of ether oxygens (including phenoxy) is 4. The number of fused-ring (bicyclic) bond motifs is 2. The number of ketones is 1. The van der Waals surface area contributed by atoms with Gasteiger partial charge in [-0.3, -0.25) is 4.79 Å². The lowest BCUT2D eigenvalue weighted by Gasteiger charge is -2.20. The molecule has 31 heavy (non-hydrogen) atoms. The Hall–Kier alpha value is -2.80. The van der Waals surface area contributed by atoms with Crippen LogP contribution in [0.4, 0.5) is 0 Å². The third-order valence-electron chi connectivity index (χ3n) is 4.93. The highest BCUT2D eigenvalue weighted by atomic mass is 79.9. The van der Waals surface area contributed by atoms with Crippen molar-refractivity contribution in [1.29, 1.82) is 0 Å². The zero-order valence-electron chi connectivity index (χ0n) is 16.2. The molecule has 0 saturated carbocycles. The van der Waals surface area contributed by atoms with Gasteiger partial charge >= 0.3 is 0 Å². The second-order valence-electron chi connectivity index (χ2n) is 7.11. The third kappa shape index (κ3) is 4.19. The van der Waals surface area contributed by atoms with Crippen molar-refractivity contribution < 1.29 is 23.7 Å². The molecule has 156 valence electrons.